The van der Waals surface area contributed by atoms with Crippen molar-refractivity contribution in [3.05, 3.63) is 0 Å². The summed E-state index contributed by atoms with van der Waals surface area (Å²) in [6, 6.07) is 0.0443. The second-order valence-corrected chi connectivity index (χ2v) is 4.84. The van der Waals surface area contributed by atoms with E-state index in [1.165, 1.54) is 0 Å². The summed E-state index contributed by atoms with van der Waals surface area (Å²) in [6.07, 6.45) is 3.92. The van der Waals surface area contributed by atoms with Crippen LogP contribution in [0.3, 0.4) is 0 Å². The lowest BCUT2D eigenvalue weighted by molar-refractivity contribution is -0.135. The lowest BCUT2D eigenvalue weighted by atomic mass is 10.0. The van der Waals surface area contributed by atoms with Gasteiger partial charge in [0.25, 0.3) is 0 Å². The molecule has 14 heavy (non-hydrogen) atoms. The summed E-state index contributed by atoms with van der Waals surface area (Å²) in [7, 11) is 0. The number of carbonyl (C=O) groups excluding carboxylic acids is 1. The van der Waals surface area contributed by atoms with E-state index in [-0.39, 0.29) is 23.4 Å². The van der Waals surface area contributed by atoms with Crippen LogP contribution in [0.4, 0.5) is 0 Å². The van der Waals surface area contributed by atoms with Crippen molar-refractivity contribution >= 4 is 21.8 Å². The van der Waals surface area contributed by atoms with Gasteiger partial charge in [-0.3, -0.25) is 4.79 Å². The zero-order valence-electron chi connectivity index (χ0n) is 8.58. The van der Waals surface area contributed by atoms with Crippen LogP contribution in [0, 0.1) is 0 Å². The van der Waals surface area contributed by atoms with E-state index in [9.17, 15) is 4.79 Å². The van der Waals surface area contributed by atoms with E-state index in [1.807, 2.05) is 11.8 Å². The van der Waals surface area contributed by atoms with Crippen molar-refractivity contribution in [2.45, 2.75) is 43.5 Å². The first-order chi connectivity index (χ1) is 6.70. The average Bonchev–Trinajstić information content (AvgIpc) is 2.26. The Labute approximate surface area is 93.6 Å². The molecule has 2 unspecified atom stereocenters. The van der Waals surface area contributed by atoms with Crippen molar-refractivity contribution in [1.82, 2.24) is 4.90 Å². The highest BCUT2D eigenvalue weighted by Crippen LogP contribution is 2.20. The molecule has 0 saturated carbocycles. The number of hydrogen-bond acceptors (Lipinski definition) is 2. The van der Waals surface area contributed by atoms with E-state index in [4.69, 9.17) is 5.11 Å². The van der Waals surface area contributed by atoms with E-state index in [0.29, 0.717) is 0 Å². The number of likely N-dealkylation sites (tertiary alicyclic amines) is 1. The minimum absolute atomic E-state index is 0.0443. The largest absolute Gasteiger partial charge is 0.394 e. The molecule has 1 amide bonds. The van der Waals surface area contributed by atoms with Gasteiger partial charge in [0.05, 0.1) is 17.5 Å². The molecule has 1 aliphatic heterocycles. The Morgan fingerprint density at radius 3 is 2.93 bits per heavy atom. The van der Waals surface area contributed by atoms with Crippen LogP contribution in [0.5, 0.6) is 0 Å². The van der Waals surface area contributed by atoms with Gasteiger partial charge in [-0.1, -0.05) is 22.9 Å². The highest BCUT2D eigenvalue weighted by atomic mass is 79.9. The maximum Gasteiger partial charge on any atom is 0.236 e. The number of carbonyl (C=O) groups is 1. The Hall–Kier alpha value is -0.0900. The van der Waals surface area contributed by atoms with Gasteiger partial charge < -0.3 is 10.0 Å². The van der Waals surface area contributed by atoms with Gasteiger partial charge in [-0.05, 0) is 25.7 Å². The third-order valence-corrected chi connectivity index (χ3v) is 3.79. The van der Waals surface area contributed by atoms with Crippen molar-refractivity contribution in [2.24, 2.45) is 0 Å². The molecule has 1 aliphatic rings. The number of aliphatic hydroxyl groups excluding tert-OH is 1. The second-order valence-electron chi connectivity index (χ2n) is 3.74. The van der Waals surface area contributed by atoms with Crippen molar-refractivity contribution in [1.29, 1.82) is 0 Å². The topological polar surface area (TPSA) is 40.5 Å². The molecular weight excluding hydrogens is 246 g/mol. The van der Waals surface area contributed by atoms with E-state index < -0.39 is 0 Å². The fourth-order valence-electron chi connectivity index (χ4n) is 1.84. The predicted molar refractivity (Wildman–Crippen MR) is 59.4 cm³/mol. The molecule has 3 nitrogen and oxygen atoms in total. The number of halogens is 1. The van der Waals surface area contributed by atoms with E-state index in [1.54, 1.807) is 0 Å². The number of nitrogens with zero attached hydrogens (tertiary/aromatic N) is 1. The molecule has 0 radical (unpaired) electrons. The number of rotatable bonds is 3. The molecule has 1 saturated heterocycles. The smallest absolute Gasteiger partial charge is 0.236 e. The summed E-state index contributed by atoms with van der Waals surface area (Å²) in [5.41, 5.74) is 0. The van der Waals surface area contributed by atoms with Crippen molar-refractivity contribution < 1.29 is 9.90 Å². The van der Waals surface area contributed by atoms with Gasteiger partial charge in [0.15, 0.2) is 0 Å². The first-order valence-electron chi connectivity index (χ1n) is 5.26. The molecule has 0 aliphatic carbocycles. The summed E-state index contributed by atoms with van der Waals surface area (Å²) in [6.45, 7) is 2.87. The molecule has 1 rings (SSSR count). The number of hydrogen-bond donors (Lipinski definition) is 1. The summed E-state index contributed by atoms with van der Waals surface area (Å²) >= 11 is 3.36. The van der Waals surface area contributed by atoms with Crippen molar-refractivity contribution in [3.8, 4) is 0 Å². The standard InChI is InChI=1S/C10H18BrNO2/c1-2-9(11)10(14)12-6-4-3-5-8(12)7-13/h8-9,13H,2-7H2,1H3. The molecule has 4 heteroatoms. The fraction of sp³-hybridized carbons (Fsp3) is 0.900. The minimum atomic E-state index is -0.0883. The van der Waals surface area contributed by atoms with Gasteiger partial charge in [-0.2, -0.15) is 0 Å². The highest BCUT2D eigenvalue weighted by molar-refractivity contribution is 9.10. The Balaban J connectivity index is 2.58. The van der Waals surface area contributed by atoms with Crippen molar-refractivity contribution in [3.63, 3.8) is 0 Å². The molecule has 82 valence electrons. The van der Waals surface area contributed by atoms with Gasteiger partial charge >= 0.3 is 0 Å². The molecule has 0 aromatic heterocycles. The molecule has 1 fully saturated rings. The monoisotopic (exact) mass is 263 g/mol. The summed E-state index contributed by atoms with van der Waals surface area (Å²) in [5, 5.41) is 9.16. The lowest BCUT2D eigenvalue weighted by Crippen LogP contribution is -2.48. The van der Waals surface area contributed by atoms with Gasteiger partial charge in [0, 0.05) is 6.54 Å². The second kappa shape index (κ2) is 5.71. The summed E-state index contributed by atoms with van der Waals surface area (Å²) in [5.74, 6) is 0.131. The number of alkyl halides is 1. The molecule has 0 aromatic carbocycles. The molecule has 0 spiro atoms. The van der Waals surface area contributed by atoms with Gasteiger partial charge in [-0.15, -0.1) is 0 Å². The van der Waals surface area contributed by atoms with Crippen LogP contribution in [0.25, 0.3) is 0 Å². The maximum atomic E-state index is 11.9. The fourth-order valence-corrected chi connectivity index (χ4v) is 2.10. The number of aliphatic hydroxyl groups is 1. The van der Waals surface area contributed by atoms with Crippen LogP contribution in [-0.2, 0) is 4.79 Å². The zero-order valence-corrected chi connectivity index (χ0v) is 10.2. The predicted octanol–water partition coefficient (Wildman–Crippen LogP) is 1.53. The van der Waals surface area contributed by atoms with Gasteiger partial charge in [0.1, 0.15) is 0 Å². The molecule has 2 atom stereocenters. The van der Waals surface area contributed by atoms with Crippen LogP contribution >= 0.6 is 15.9 Å². The molecule has 0 aromatic rings. The molecule has 1 heterocycles. The van der Waals surface area contributed by atoms with Crippen molar-refractivity contribution in [2.75, 3.05) is 13.2 Å². The molecular formula is C10H18BrNO2. The van der Waals surface area contributed by atoms with E-state index in [2.05, 4.69) is 15.9 Å². The minimum Gasteiger partial charge on any atom is -0.394 e. The Bertz CT molecular complexity index is 199. The van der Waals surface area contributed by atoms with Crippen LogP contribution in [0.2, 0.25) is 0 Å². The van der Waals surface area contributed by atoms with Gasteiger partial charge in [-0.25, -0.2) is 0 Å². The first kappa shape index (κ1) is 12.0. The average molecular weight is 264 g/mol. The quantitative estimate of drug-likeness (QED) is 0.785. The van der Waals surface area contributed by atoms with Gasteiger partial charge in [0.2, 0.25) is 5.91 Å². The third-order valence-electron chi connectivity index (χ3n) is 2.75. The molecule has 0 bridgehead atoms. The highest BCUT2D eigenvalue weighted by Gasteiger charge is 2.28. The SMILES string of the molecule is CCC(Br)C(=O)N1CCCCC1CO. The van der Waals surface area contributed by atoms with Crippen LogP contribution in [0.15, 0.2) is 0 Å². The van der Waals surface area contributed by atoms with Crippen LogP contribution in [-0.4, -0.2) is 39.9 Å². The maximum absolute atomic E-state index is 11.9. The third kappa shape index (κ3) is 2.70. The van der Waals surface area contributed by atoms with Crippen LogP contribution in [0.1, 0.15) is 32.6 Å². The first-order valence-corrected chi connectivity index (χ1v) is 6.17. The Morgan fingerprint density at radius 1 is 1.64 bits per heavy atom. The zero-order chi connectivity index (χ0) is 10.6. The van der Waals surface area contributed by atoms with Crippen LogP contribution < -0.4 is 0 Å². The van der Waals surface area contributed by atoms with E-state index >= 15 is 0 Å². The Morgan fingerprint density at radius 2 is 2.36 bits per heavy atom. The molecule has 1 N–H and O–H groups in total. The normalized spacial score (nSPS) is 24.8. The summed E-state index contributed by atoms with van der Waals surface area (Å²) in [4.78, 5) is 13.6. The number of piperidine rings is 1. The Kier molecular flexibility index (Phi) is 4.89. The number of amides is 1. The van der Waals surface area contributed by atoms with E-state index in [0.717, 1.165) is 32.2 Å². The summed E-state index contributed by atoms with van der Waals surface area (Å²) < 4.78 is 0. The lowest BCUT2D eigenvalue weighted by Gasteiger charge is -2.35.